The van der Waals surface area contributed by atoms with Crippen molar-refractivity contribution in [2.45, 2.75) is 0 Å². The van der Waals surface area contributed by atoms with Crippen LogP contribution in [0.4, 0.5) is 0 Å². The number of hydrogen-bond donors (Lipinski definition) is 2. The summed E-state index contributed by atoms with van der Waals surface area (Å²) in [5, 5.41) is 18.2. The summed E-state index contributed by atoms with van der Waals surface area (Å²) in [6, 6.07) is 24.1. The van der Waals surface area contributed by atoms with Gasteiger partial charge < -0.3 is 19.4 Å². The van der Waals surface area contributed by atoms with Crippen molar-refractivity contribution in [2.75, 3.05) is 0 Å². The van der Waals surface area contributed by atoms with Gasteiger partial charge in [0.15, 0.2) is 0 Å². The summed E-state index contributed by atoms with van der Waals surface area (Å²) in [4.78, 5) is 0. The minimum absolute atomic E-state index is 0.367. The number of hydrogen-bond acceptors (Lipinski definition) is 4. The Balaban J connectivity index is 2.01. The number of para-hydroxylation sites is 3. The Bertz CT molecular complexity index is 775. The number of benzene rings is 3. The van der Waals surface area contributed by atoms with Crippen molar-refractivity contribution < 1.29 is 19.4 Å². The van der Waals surface area contributed by atoms with Crippen molar-refractivity contribution in [1.29, 1.82) is 0 Å². The van der Waals surface area contributed by atoms with E-state index in [9.17, 15) is 0 Å². The van der Waals surface area contributed by atoms with Gasteiger partial charge in [0, 0.05) is 11.1 Å². The molecule has 4 nitrogen and oxygen atoms in total. The van der Waals surface area contributed by atoms with Crippen LogP contribution >= 0.6 is 0 Å². The molecular weight excluding hydrogens is 291 g/mol. The average Bonchev–Trinajstić information content (AvgIpc) is 2.56. The largest absolute Gasteiger partial charge is 0.707 e. The molecule has 0 heterocycles. The Hall–Kier alpha value is -2.76. The molecule has 0 atom stereocenters. The molecule has 2 N–H and O–H groups in total. The van der Waals surface area contributed by atoms with Gasteiger partial charge in [-0.15, -0.1) is 0 Å². The monoisotopic (exact) mass is 306 g/mol. The standard InChI is InChI=1S/C18H15BO4/c20-19(21)23-18-13-7-5-11-16(18)15-10-4-6-12-17(15)22-14-8-2-1-3-9-14/h1-13,20-21H. The zero-order chi connectivity index (χ0) is 16.1. The fraction of sp³-hybridized carbons (Fsp3) is 0. The minimum atomic E-state index is -1.88. The van der Waals surface area contributed by atoms with Gasteiger partial charge in [0.1, 0.15) is 17.2 Å². The predicted octanol–water partition coefficient (Wildman–Crippen LogP) is 3.49. The molecule has 0 aliphatic rings. The first-order valence-corrected chi connectivity index (χ1v) is 7.18. The van der Waals surface area contributed by atoms with E-state index in [1.165, 1.54) is 0 Å². The Morgan fingerprint density at radius 2 is 1.13 bits per heavy atom. The van der Waals surface area contributed by atoms with Gasteiger partial charge in [-0.1, -0.05) is 54.6 Å². The van der Waals surface area contributed by atoms with Gasteiger partial charge in [-0.05, 0) is 24.3 Å². The van der Waals surface area contributed by atoms with E-state index in [1.807, 2.05) is 66.7 Å². The van der Waals surface area contributed by atoms with Crippen molar-refractivity contribution in [3.8, 4) is 28.4 Å². The second kappa shape index (κ2) is 7.00. The van der Waals surface area contributed by atoms with Gasteiger partial charge in [-0.25, -0.2) is 0 Å². The Kier molecular flexibility index (Phi) is 4.61. The molecule has 0 bridgehead atoms. The van der Waals surface area contributed by atoms with E-state index in [4.69, 9.17) is 19.4 Å². The maximum atomic E-state index is 9.08. The molecule has 0 amide bonds. The van der Waals surface area contributed by atoms with Crippen LogP contribution in [0, 0.1) is 0 Å². The van der Waals surface area contributed by atoms with E-state index in [1.54, 1.807) is 12.1 Å². The normalized spacial score (nSPS) is 10.2. The molecule has 0 radical (unpaired) electrons. The summed E-state index contributed by atoms with van der Waals surface area (Å²) >= 11 is 0. The minimum Gasteiger partial charge on any atom is -0.512 e. The Labute approximate surface area is 134 Å². The van der Waals surface area contributed by atoms with Gasteiger partial charge in [0.2, 0.25) is 0 Å². The van der Waals surface area contributed by atoms with Gasteiger partial charge in [-0.2, -0.15) is 0 Å². The lowest BCUT2D eigenvalue weighted by molar-refractivity contribution is 0.288. The molecule has 3 aromatic rings. The first kappa shape index (κ1) is 15.2. The van der Waals surface area contributed by atoms with Crippen LogP contribution in [0.5, 0.6) is 17.2 Å². The second-order valence-electron chi connectivity index (χ2n) is 4.85. The molecule has 0 saturated carbocycles. The lowest BCUT2D eigenvalue weighted by atomic mass is 10.0. The topological polar surface area (TPSA) is 58.9 Å². The zero-order valence-electron chi connectivity index (χ0n) is 12.3. The van der Waals surface area contributed by atoms with Crippen LogP contribution in [0.25, 0.3) is 11.1 Å². The summed E-state index contributed by atoms with van der Waals surface area (Å²) in [5.41, 5.74) is 1.51. The highest BCUT2D eigenvalue weighted by atomic mass is 16.6. The molecule has 0 spiro atoms. The second-order valence-corrected chi connectivity index (χ2v) is 4.85. The third-order valence-electron chi connectivity index (χ3n) is 3.27. The lowest BCUT2D eigenvalue weighted by Gasteiger charge is -2.15. The van der Waals surface area contributed by atoms with Crippen LogP contribution < -0.4 is 9.39 Å². The fourth-order valence-electron chi connectivity index (χ4n) is 2.30. The van der Waals surface area contributed by atoms with Crippen molar-refractivity contribution in [3.05, 3.63) is 78.9 Å². The maximum Gasteiger partial charge on any atom is 0.707 e. The summed E-state index contributed by atoms with van der Waals surface area (Å²) in [6.45, 7) is 0. The van der Waals surface area contributed by atoms with Crippen molar-refractivity contribution in [3.63, 3.8) is 0 Å². The number of ether oxygens (including phenoxy) is 1. The highest BCUT2D eigenvalue weighted by molar-refractivity contribution is 6.34. The number of rotatable bonds is 5. The third-order valence-corrected chi connectivity index (χ3v) is 3.27. The molecule has 3 rings (SSSR count). The van der Waals surface area contributed by atoms with Crippen molar-refractivity contribution >= 4 is 7.32 Å². The molecule has 0 saturated heterocycles. The molecule has 0 fully saturated rings. The third kappa shape index (κ3) is 3.72. The molecular formula is C18H15BO4. The van der Waals surface area contributed by atoms with Crippen LogP contribution in [0.3, 0.4) is 0 Å². The van der Waals surface area contributed by atoms with Crippen LogP contribution in [0.1, 0.15) is 0 Å². The predicted molar refractivity (Wildman–Crippen MR) is 89.2 cm³/mol. The molecule has 114 valence electrons. The van der Waals surface area contributed by atoms with E-state index < -0.39 is 7.32 Å². The lowest BCUT2D eigenvalue weighted by Crippen LogP contribution is -2.20. The van der Waals surface area contributed by atoms with E-state index >= 15 is 0 Å². The van der Waals surface area contributed by atoms with Gasteiger partial charge in [-0.3, -0.25) is 0 Å². The molecule has 23 heavy (non-hydrogen) atoms. The van der Waals surface area contributed by atoms with Crippen LogP contribution in [-0.4, -0.2) is 17.4 Å². The molecule has 0 aromatic heterocycles. The molecule has 0 aliphatic carbocycles. The smallest absolute Gasteiger partial charge is 0.512 e. The maximum absolute atomic E-state index is 9.08. The quantitative estimate of drug-likeness (QED) is 0.708. The first-order chi connectivity index (χ1) is 11.2. The highest BCUT2D eigenvalue weighted by Gasteiger charge is 2.17. The van der Waals surface area contributed by atoms with Gasteiger partial charge >= 0.3 is 7.32 Å². The summed E-state index contributed by atoms with van der Waals surface area (Å²) < 4.78 is 11.0. The van der Waals surface area contributed by atoms with E-state index in [0.717, 1.165) is 11.3 Å². The van der Waals surface area contributed by atoms with E-state index in [0.29, 0.717) is 17.1 Å². The molecule has 5 heteroatoms. The molecule has 3 aromatic carbocycles. The van der Waals surface area contributed by atoms with Crippen LogP contribution in [-0.2, 0) is 0 Å². The summed E-state index contributed by atoms with van der Waals surface area (Å²) in [5.74, 6) is 1.74. The Morgan fingerprint density at radius 1 is 0.609 bits per heavy atom. The van der Waals surface area contributed by atoms with E-state index in [-0.39, 0.29) is 0 Å². The van der Waals surface area contributed by atoms with Crippen molar-refractivity contribution in [2.24, 2.45) is 0 Å². The van der Waals surface area contributed by atoms with Crippen molar-refractivity contribution in [1.82, 2.24) is 0 Å². The van der Waals surface area contributed by atoms with Gasteiger partial charge in [0.05, 0.1) is 0 Å². The molecule has 0 unspecified atom stereocenters. The molecule has 0 aliphatic heterocycles. The van der Waals surface area contributed by atoms with Crippen LogP contribution in [0.2, 0.25) is 0 Å². The zero-order valence-corrected chi connectivity index (χ0v) is 12.3. The van der Waals surface area contributed by atoms with E-state index in [2.05, 4.69) is 0 Å². The summed E-state index contributed by atoms with van der Waals surface area (Å²) in [7, 11) is -1.88. The first-order valence-electron chi connectivity index (χ1n) is 7.18. The average molecular weight is 306 g/mol. The van der Waals surface area contributed by atoms with Gasteiger partial charge in [0.25, 0.3) is 0 Å². The summed E-state index contributed by atoms with van der Waals surface area (Å²) in [6.07, 6.45) is 0. The fourth-order valence-corrected chi connectivity index (χ4v) is 2.30. The van der Waals surface area contributed by atoms with Crippen LogP contribution in [0.15, 0.2) is 78.9 Å². The SMILES string of the molecule is OB(O)Oc1ccccc1-c1ccccc1Oc1ccccc1. The highest BCUT2D eigenvalue weighted by Crippen LogP contribution is 2.38. The Morgan fingerprint density at radius 3 is 1.78 bits per heavy atom.